The summed E-state index contributed by atoms with van der Waals surface area (Å²) in [5.74, 6) is -0.0747. The maximum atomic E-state index is 12.6. The first-order valence-corrected chi connectivity index (χ1v) is 7.80. The van der Waals surface area contributed by atoms with Crippen LogP contribution in [0, 0.1) is 0 Å². The van der Waals surface area contributed by atoms with Gasteiger partial charge in [0.15, 0.2) is 5.17 Å². The predicted molar refractivity (Wildman–Crippen MR) is 93.0 cm³/mol. The van der Waals surface area contributed by atoms with Crippen molar-refractivity contribution in [3.63, 3.8) is 0 Å². The van der Waals surface area contributed by atoms with Crippen LogP contribution in [0.15, 0.2) is 71.6 Å². The molecule has 114 valence electrons. The van der Waals surface area contributed by atoms with Crippen LogP contribution < -0.4 is 0 Å². The zero-order chi connectivity index (χ0) is 16.1. The van der Waals surface area contributed by atoms with Crippen LogP contribution in [0.2, 0.25) is 0 Å². The van der Waals surface area contributed by atoms with Crippen molar-refractivity contribution in [2.45, 2.75) is 0 Å². The Kier molecular flexibility index (Phi) is 4.63. The molecular formula is C17H14N4OS. The van der Waals surface area contributed by atoms with Gasteiger partial charge in [-0.05, 0) is 47.7 Å². The van der Waals surface area contributed by atoms with Gasteiger partial charge in [0.05, 0.1) is 16.8 Å². The van der Waals surface area contributed by atoms with Crippen molar-refractivity contribution in [3.05, 3.63) is 72.2 Å². The van der Waals surface area contributed by atoms with E-state index in [0.29, 0.717) is 22.3 Å². The third kappa shape index (κ3) is 3.54. The number of hydrogen-bond donors (Lipinski definition) is 0. The number of amides is 1. The lowest BCUT2D eigenvalue weighted by Crippen LogP contribution is -2.29. The lowest BCUT2D eigenvalue weighted by molar-refractivity contribution is -0.121. The molecule has 6 heteroatoms. The molecule has 1 saturated heterocycles. The molecule has 0 saturated carbocycles. The van der Waals surface area contributed by atoms with Gasteiger partial charge in [-0.25, -0.2) is 4.99 Å². The van der Waals surface area contributed by atoms with E-state index >= 15 is 0 Å². The van der Waals surface area contributed by atoms with E-state index in [1.54, 1.807) is 35.8 Å². The highest BCUT2D eigenvalue weighted by Crippen LogP contribution is 2.33. The minimum atomic E-state index is -0.0747. The lowest BCUT2D eigenvalue weighted by atomic mass is 10.2. The van der Waals surface area contributed by atoms with Crippen molar-refractivity contribution < 1.29 is 4.79 Å². The topological polar surface area (TPSA) is 58.5 Å². The van der Waals surface area contributed by atoms with Crippen LogP contribution in [0.3, 0.4) is 0 Å². The summed E-state index contributed by atoms with van der Waals surface area (Å²) in [4.78, 5) is 27.4. The van der Waals surface area contributed by atoms with E-state index in [-0.39, 0.29) is 5.91 Å². The second-order valence-corrected chi connectivity index (χ2v) is 5.71. The Morgan fingerprint density at radius 3 is 2.74 bits per heavy atom. The minimum Gasteiger partial charge on any atom is -0.283 e. The van der Waals surface area contributed by atoms with Crippen molar-refractivity contribution >= 4 is 34.6 Å². The molecule has 0 spiro atoms. The molecule has 5 nitrogen and oxygen atoms in total. The number of hydrogen-bond acceptors (Lipinski definition) is 5. The van der Waals surface area contributed by atoms with Gasteiger partial charge in [-0.3, -0.25) is 19.7 Å². The van der Waals surface area contributed by atoms with Crippen molar-refractivity contribution in [3.8, 4) is 0 Å². The van der Waals surface area contributed by atoms with Crippen LogP contribution in [0.5, 0.6) is 0 Å². The molecule has 23 heavy (non-hydrogen) atoms. The summed E-state index contributed by atoms with van der Waals surface area (Å²) >= 11 is 1.35. The molecule has 1 fully saturated rings. The molecule has 1 aliphatic heterocycles. The van der Waals surface area contributed by atoms with Gasteiger partial charge in [-0.1, -0.05) is 6.08 Å². The third-order valence-electron chi connectivity index (χ3n) is 3.07. The van der Waals surface area contributed by atoms with Crippen molar-refractivity contribution in [1.29, 1.82) is 0 Å². The van der Waals surface area contributed by atoms with Gasteiger partial charge >= 0.3 is 0 Å². The van der Waals surface area contributed by atoms with Crippen LogP contribution in [-0.4, -0.2) is 32.5 Å². The molecule has 3 rings (SSSR count). The summed E-state index contributed by atoms with van der Waals surface area (Å²) in [5.41, 5.74) is 1.64. The highest BCUT2D eigenvalue weighted by molar-refractivity contribution is 8.18. The van der Waals surface area contributed by atoms with Gasteiger partial charge in [0.1, 0.15) is 0 Å². The number of thioether (sulfide) groups is 1. The Morgan fingerprint density at radius 2 is 2.04 bits per heavy atom. The molecule has 2 aromatic rings. The maximum absolute atomic E-state index is 12.6. The van der Waals surface area contributed by atoms with E-state index in [4.69, 9.17) is 0 Å². The fraction of sp³-hybridized carbons (Fsp3) is 0.0588. The smallest absolute Gasteiger partial charge is 0.267 e. The number of aliphatic imine (C=N–C) groups is 1. The molecule has 0 aliphatic carbocycles. The molecule has 0 radical (unpaired) electrons. The summed E-state index contributed by atoms with van der Waals surface area (Å²) in [6.45, 7) is 4.13. The molecule has 0 atom stereocenters. The van der Waals surface area contributed by atoms with Crippen LogP contribution in [0.1, 0.15) is 5.56 Å². The average Bonchev–Trinajstić information content (AvgIpc) is 2.86. The van der Waals surface area contributed by atoms with Gasteiger partial charge < -0.3 is 0 Å². The maximum Gasteiger partial charge on any atom is 0.267 e. The standard InChI is InChI=1S/C17H14N4OS/c1-2-10-21-16(22)15(11-13-5-8-18-9-6-13)23-17(21)20-14-4-3-7-19-12-14/h2-9,11-12H,1,10H2/b15-11-,20-17?. The second kappa shape index (κ2) is 7.02. The third-order valence-corrected chi connectivity index (χ3v) is 4.08. The fourth-order valence-electron chi connectivity index (χ4n) is 2.02. The van der Waals surface area contributed by atoms with Crippen LogP contribution in [0.25, 0.3) is 6.08 Å². The number of pyridine rings is 2. The molecule has 1 aliphatic rings. The van der Waals surface area contributed by atoms with E-state index in [0.717, 1.165) is 5.56 Å². The first kappa shape index (κ1) is 15.2. The minimum absolute atomic E-state index is 0.0747. The summed E-state index contributed by atoms with van der Waals surface area (Å²) in [5, 5.41) is 0.628. The number of aromatic nitrogens is 2. The zero-order valence-electron chi connectivity index (χ0n) is 12.3. The van der Waals surface area contributed by atoms with Crippen LogP contribution in [-0.2, 0) is 4.79 Å². The van der Waals surface area contributed by atoms with Gasteiger partial charge in [0, 0.05) is 25.1 Å². The number of carbonyl (C=O) groups is 1. The Morgan fingerprint density at radius 1 is 1.22 bits per heavy atom. The van der Waals surface area contributed by atoms with E-state index in [2.05, 4.69) is 21.5 Å². The average molecular weight is 322 g/mol. The van der Waals surface area contributed by atoms with Gasteiger partial charge in [-0.15, -0.1) is 6.58 Å². The first-order chi connectivity index (χ1) is 11.3. The van der Waals surface area contributed by atoms with Gasteiger partial charge in [0.2, 0.25) is 0 Å². The Labute approximate surface area is 138 Å². The lowest BCUT2D eigenvalue weighted by Gasteiger charge is -2.12. The van der Waals surface area contributed by atoms with E-state index in [1.807, 2.05) is 30.3 Å². The van der Waals surface area contributed by atoms with E-state index in [1.165, 1.54) is 11.8 Å². The van der Waals surface area contributed by atoms with E-state index < -0.39 is 0 Å². The SMILES string of the molecule is C=CCN1C(=O)/C(=C/c2ccncc2)SC1=Nc1cccnc1. The number of carbonyl (C=O) groups excluding carboxylic acids is 1. The quantitative estimate of drug-likeness (QED) is 0.640. The highest BCUT2D eigenvalue weighted by Gasteiger charge is 2.32. The molecule has 1 amide bonds. The Hall–Kier alpha value is -2.73. The molecule has 0 bridgehead atoms. The molecule has 0 unspecified atom stereocenters. The Balaban J connectivity index is 1.94. The van der Waals surface area contributed by atoms with E-state index in [9.17, 15) is 4.79 Å². The molecule has 2 aromatic heterocycles. The molecular weight excluding hydrogens is 308 g/mol. The molecule has 0 N–H and O–H groups in total. The summed E-state index contributed by atoms with van der Waals surface area (Å²) < 4.78 is 0. The normalized spacial score (nSPS) is 17.9. The summed E-state index contributed by atoms with van der Waals surface area (Å²) in [6, 6.07) is 7.37. The summed E-state index contributed by atoms with van der Waals surface area (Å²) in [6.07, 6.45) is 10.3. The molecule has 0 aromatic carbocycles. The predicted octanol–water partition coefficient (Wildman–Crippen LogP) is 3.27. The second-order valence-electron chi connectivity index (χ2n) is 4.70. The zero-order valence-corrected chi connectivity index (χ0v) is 13.1. The Bertz CT molecular complexity index is 772. The highest BCUT2D eigenvalue weighted by atomic mass is 32.2. The van der Waals surface area contributed by atoms with Crippen molar-refractivity contribution in [1.82, 2.24) is 14.9 Å². The van der Waals surface area contributed by atoms with Gasteiger partial charge in [0.25, 0.3) is 5.91 Å². The van der Waals surface area contributed by atoms with Crippen molar-refractivity contribution in [2.24, 2.45) is 4.99 Å². The first-order valence-electron chi connectivity index (χ1n) is 6.99. The van der Waals surface area contributed by atoms with Crippen LogP contribution in [0.4, 0.5) is 5.69 Å². The fourth-order valence-corrected chi connectivity index (χ4v) is 3.03. The largest absolute Gasteiger partial charge is 0.283 e. The van der Waals surface area contributed by atoms with Crippen LogP contribution >= 0.6 is 11.8 Å². The van der Waals surface area contributed by atoms with Gasteiger partial charge in [-0.2, -0.15) is 0 Å². The number of rotatable bonds is 4. The number of amidine groups is 1. The monoisotopic (exact) mass is 322 g/mol. The molecule has 3 heterocycles. The summed E-state index contributed by atoms with van der Waals surface area (Å²) in [7, 11) is 0. The number of nitrogens with zero attached hydrogens (tertiary/aromatic N) is 4. The van der Waals surface area contributed by atoms with Crippen molar-refractivity contribution in [2.75, 3.05) is 6.54 Å².